The third-order valence-electron chi connectivity index (χ3n) is 4.03. The van der Waals surface area contributed by atoms with Crippen molar-refractivity contribution in [3.05, 3.63) is 82.7 Å². The summed E-state index contributed by atoms with van der Waals surface area (Å²) in [5, 5.41) is 3.66. The number of benzene rings is 3. The van der Waals surface area contributed by atoms with Crippen molar-refractivity contribution in [1.29, 1.82) is 0 Å². The zero-order valence-corrected chi connectivity index (χ0v) is 11.7. The predicted octanol–water partition coefficient (Wildman–Crippen LogP) is 1.97. The Morgan fingerprint density at radius 3 is 2.32 bits per heavy atom. The summed E-state index contributed by atoms with van der Waals surface area (Å²) >= 11 is 0. The quantitative estimate of drug-likeness (QED) is 0.640. The Labute approximate surface area is 127 Å². The fourth-order valence-corrected chi connectivity index (χ4v) is 3.01. The first-order valence-electron chi connectivity index (χ1n) is 7.13. The molecule has 0 saturated heterocycles. The molecule has 22 heavy (non-hydrogen) atoms. The van der Waals surface area contributed by atoms with Crippen molar-refractivity contribution in [2.75, 3.05) is 0 Å². The summed E-state index contributed by atoms with van der Waals surface area (Å²) in [5.74, 6) is -0.892. The van der Waals surface area contributed by atoms with E-state index in [1.54, 1.807) is 0 Å². The van der Waals surface area contributed by atoms with Crippen LogP contribution < -0.4 is 10.4 Å². The fourth-order valence-electron chi connectivity index (χ4n) is 3.01. The summed E-state index contributed by atoms with van der Waals surface area (Å²) in [7, 11) is 0. The van der Waals surface area contributed by atoms with Crippen LogP contribution in [-0.2, 0) is 9.59 Å². The highest BCUT2D eigenvalue weighted by atomic mass is 16.2. The molecule has 0 unspecified atom stereocenters. The van der Waals surface area contributed by atoms with Crippen LogP contribution in [0.15, 0.2) is 66.7 Å². The van der Waals surface area contributed by atoms with Crippen molar-refractivity contribution in [2.45, 2.75) is 0 Å². The molecular formula is C20H12O2. The Bertz CT molecular complexity index is 1050. The normalized spacial score (nSPS) is 13.9. The molecule has 4 rings (SSSR count). The lowest BCUT2D eigenvalue weighted by atomic mass is 9.89. The molecule has 0 aliphatic heterocycles. The van der Waals surface area contributed by atoms with E-state index >= 15 is 0 Å². The highest BCUT2D eigenvalue weighted by Crippen LogP contribution is 2.24. The lowest BCUT2D eigenvalue weighted by Crippen LogP contribution is -2.37. The second-order valence-electron chi connectivity index (χ2n) is 5.33. The van der Waals surface area contributed by atoms with E-state index in [1.165, 1.54) is 6.08 Å². The summed E-state index contributed by atoms with van der Waals surface area (Å²) in [5.41, 5.74) is 1.32. The molecule has 0 amide bonds. The number of carbonyl (C=O) groups is 2. The first-order valence-corrected chi connectivity index (χ1v) is 7.13. The van der Waals surface area contributed by atoms with Gasteiger partial charge in [-0.1, -0.05) is 66.7 Å². The van der Waals surface area contributed by atoms with E-state index in [2.05, 4.69) is 0 Å². The van der Waals surface area contributed by atoms with Crippen LogP contribution in [0.2, 0.25) is 0 Å². The molecule has 0 atom stereocenters. The predicted molar refractivity (Wildman–Crippen MR) is 86.6 cm³/mol. The molecule has 0 N–H and O–H groups in total. The molecule has 3 aromatic carbocycles. The second kappa shape index (κ2) is 4.78. The van der Waals surface area contributed by atoms with Gasteiger partial charge in [-0.2, -0.15) is 0 Å². The van der Waals surface area contributed by atoms with Crippen molar-refractivity contribution >= 4 is 34.0 Å². The van der Waals surface area contributed by atoms with Crippen LogP contribution in [0, 0.1) is 0 Å². The lowest BCUT2D eigenvalue weighted by molar-refractivity contribution is -0.129. The number of hydrogen-bond acceptors (Lipinski definition) is 2. The number of carbonyl (C=O) groups excluding carboxylic acids is 2. The van der Waals surface area contributed by atoms with Crippen LogP contribution in [0.1, 0.15) is 5.56 Å². The zero-order valence-electron chi connectivity index (χ0n) is 11.7. The van der Waals surface area contributed by atoms with Gasteiger partial charge in [0.2, 0.25) is 11.6 Å². The van der Waals surface area contributed by atoms with Crippen LogP contribution in [0.25, 0.3) is 22.4 Å². The first-order chi connectivity index (χ1) is 10.8. The summed E-state index contributed by atoms with van der Waals surface area (Å²) in [6.07, 6.45) is 1.42. The third kappa shape index (κ3) is 1.81. The average molecular weight is 284 g/mol. The Hall–Kier alpha value is -3.00. The Morgan fingerprint density at radius 1 is 0.682 bits per heavy atom. The molecule has 0 fully saturated rings. The van der Waals surface area contributed by atoms with Gasteiger partial charge in [-0.25, -0.2) is 0 Å². The summed E-state index contributed by atoms with van der Waals surface area (Å²) < 4.78 is 0. The highest BCUT2D eigenvalue weighted by molar-refractivity contribution is 6.62. The molecule has 0 heterocycles. The number of Topliss-reactive ketones (excluding diaryl/α,β-unsaturated/α-hetero) is 2. The minimum atomic E-state index is -0.457. The van der Waals surface area contributed by atoms with Gasteiger partial charge < -0.3 is 0 Å². The van der Waals surface area contributed by atoms with Crippen LogP contribution in [-0.4, -0.2) is 11.6 Å². The minimum absolute atomic E-state index is 0.435. The van der Waals surface area contributed by atoms with Gasteiger partial charge >= 0.3 is 0 Å². The monoisotopic (exact) mass is 284 g/mol. The number of rotatable bonds is 1. The fraction of sp³-hybridized carbons (Fsp3) is 0. The number of fused-ring (bicyclic) bond motifs is 2. The molecule has 104 valence electrons. The SMILES string of the molecule is O=C1C=c2ccccc2=C(c2cccc3ccccc23)C1=O. The van der Waals surface area contributed by atoms with Gasteiger partial charge in [0, 0.05) is 5.57 Å². The van der Waals surface area contributed by atoms with Gasteiger partial charge in [0.05, 0.1) is 0 Å². The van der Waals surface area contributed by atoms with Crippen LogP contribution in [0.5, 0.6) is 0 Å². The first kappa shape index (κ1) is 12.7. The van der Waals surface area contributed by atoms with Gasteiger partial charge in [-0.3, -0.25) is 9.59 Å². The van der Waals surface area contributed by atoms with E-state index in [0.29, 0.717) is 5.57 Å². The highest BCUT2D eigenvalue weighted by Gasteiger charge is 2.23. The molecule has 0 saturated carbocycles. The number of hydrogen-bond donors (Lipinski definition) is 0. The molecule has 1 aliphatic rings. The number of ketones is 2. The molecule has 0 radical (unpaired) electrons. The molecule has 2 nitrogen and oxygen atoms in total. The lowest BCUT2D eigenvalue weighted by Gasteiger charge is -2.12. The molecular weight excluding hydrogens is 272 g/mol. The molecule has 2 heteroatoms. The smallest absolute Gasteiger partial charge is 0.234 e. The van der Waals surface area contributed by atoms with Crippen LogP contribution in [0.4, 0.5) is 0 Å². The Balaban J connectivity index is 2.20. The van der Waals surface area contributed by atoms with Gasteiger partial charge in [0.1, 0.15) is 0 Å². The minimum Gasteiger partial charge on any atom is -0.286 e. The molecule has 0 aromatic heterocycles. The largest absolute Gasteiger partial charge is 0.286 e. The van der Waals surface area contributed by atoms with Crippen LogP contribution >= 0.6 is 0 Å². The summed E-state index contributed by atoms with van der Waals surface area (Å²) in [6.45, 7) is 0. The van der Waals surface area contributed by atoms with E-state index < -0.39 is 11.6 Å². The van der Waals surface area contributed by atoms with Gasteiger partial charge in [0.15, 0.2) is 0 Å². The Morgan fingerprint density at radius 2 is 1.41 bits per heavy atom. The summed E-state index contributed by atoms with van der Waals surface area (Å²) in [6, 6.07) is 21.3. The van der Waals surface area contributed by atoms with Crippen molar-refractivity contribution < 1.29 is 9.59 Å². The average Bonchev–Trinajstić information content (AvgIpc) is 2.56. The molecule has 1 aliphatic carbocycles. The standard InChI is InChI=1S/C20H12O2/c21-18-12-14-7-2-4-10-16(14)19(20(18)22)17-11-5-8-13-6-1-3-9-15(13)17/h1-12H. The van der Waals surface area contributed by atoms with Crippen molar-refractivity contribution in [2.24, 2.45) is 0 Å². The Kier molecular flexibility index (Phi) is 2.76. The third-order valence-corrected chi connectivity index (χ3v) is 4.03. The van der Waals surface area contributed by atoms with Gasteiger partial charge in [-0.15, -0.1) is 0 Å². The maximum atomic E-state index is 12.5. The maximum absolute atomic E-state index is 12.5. The van der Waals surface area contributed by atoms with Crippen LogP contribution in [0.3, 0.4) is 0 Å². The molecule has 3 aromatic rings. The van der Waals surface area contributed by atoms with E-state index in [0.717, 1.165) is 26.8 Å². The topological polar surface area (TPSA) is 34.1 Å². The zero-order chi connectivity index (χ0) is 15.1. The van der Waals surface area contributed by atoms with E-state index in [4.69, 9.17) is 0 Å². The van der Waals surface area contributed by atoms with Gasteiger partial charge in [0.25, 0.3) is 0 Å². The van der Waals surface area contributed by atoms with Crippen molar-refractivity contribution in [1.82, 2.24) is 0 Å². The van der Waals surface area contributed by atoms with E-state index in [-0.39, 0.29) is 0 Å². The van der Waals surface area contributed by atoms with E-state index in [9.17, 15) is 9.59 Å². The van der Waals surface area contributed by atoms with Crippen molar-refractivity contribution in [3.8, 4) is 0 Å². The summed E-state index contributed by atoms with van der Waals surface area (Å²) in [4.78, 5) is 24.6. The molecule has 0 spiro atoms. The maximum Gasteiger partial charge on any atom is 0.234 e. The second-order valence-corrected chi connectivity index (χ2v) is 5.33. The van der Waals surface area contributed by atoms with Crippen molar-refractivity contribution in [3.63, 3.8) is 0 Å². The molecule has 0 bridgehead atoms. The van der Waals surface area contributed by atoms with Gasteiger partial charge in [-0.05, 0) is 32.8 Å². The van der Waals surface area contributed by atoms with E-state index in [1.807, 2.05) is 66.7 Å².